The van der Waals surface area contributed by atoms with Gasteiger partial charge in [-0.15, -0.1) is 0 Å². The Labute approximate surface area is 268 Å². The topological polar surface area (TPSA) is 281 Å². The number of carboxylic acid groups (broad SMARTS) is 1. The lowest BCUT2D eigenvalue weighted by atomic mass is 9.95. The van der Waals surface area contributed by atoms with Gasteiger partial charge in [0.15, 0.2) is 17.8 Å². The van der Waals surface area contributed by atoms with Crippen LogP contribution in [0.5, 0.6) is 17.2 Å². The molecule has 2 heterocycles. The highest BCUT2D eigenvalue weighted by atomic mass is 16.7. The molecule has 2 aliphatic rings. The van der Waals surface area contributed by atoms with Crippen molar-refractivity contribution in [2.45, 2.75) is 86.8 Å². The molecule has 2 aliphatic heterocycles. The standard InChI is InChI=1S/C29H42O18/c1-29(9-18(32)33,47-28-25(40)23(38)21(36)17(12-31)45-28)10-19(34)43-6-4-5-13-7-14(41-2)26(15(8-13)42-3)46-27-24(39)22(37)20(35)16(11-30)44-27/h4-5,7-8,16-17,20-25,27-28,30-31,35-40H,6,9-12H2,1-3H3,(H,32,33)/b5-4+/t16-,17-,20-,21-,22+,23+,24-,25-,27+,28+,29+/m1/s1. The molecule has 18 nitrogen and oxygen atoms in total. The summed E-state index contributed by atoms with van der Waals surface area (Å²) in [5, 5.41) is 88.9. The summed E-state index contributed by atoms with van der Waals surface area (Å²) in [6.07, 6.45) is -14.3. The van der Waals surface area contributed by atoms with Crippen molar-refractivity contribution in [2.75, 3.05) is 34.0 Å². The van der Waals surface area contributed by atoms with Gasteiger partial charge in [-0.25, -0.2) is 0 Å². The molecule has 0 spiro atoms. The van der Waals surface area contributed by atoms with E-state index in [2.05, 4.69) is 0 Å². The number of aliphatic carboxylic acids is 1. The molecule has 0 aliphatic carbocycles. The van der Waals surface area contributed by atoms with Gasteiger partial charge in [-0.1, -0.05) is 6.08 Å². The summed E-state index contributed by atoms with van der Waals surface area (Å²) in [7, 11) is 2.65. The zero-order valence-corrected chi connectivity index (χ0v) is 25.8. The minimum Gasteiger partial charge on any atom is -0.493 e. The number of rotatable bonds is 15. The average molecular weight is 679 g/mol. The van der Waals surface area contributed by atoms with Crippen molar-refractivity contribution in [2.24, 2.45) is 0 Å². The summed E-state index contributed by atoms with van der Waals surface area (Å²) in [5.74, 6) is -2.06. The van der Waals surface area contributed by atoms with Crippen LogP contribution in [0, 0.1) is 0 Å². The lowest BCUT2D eigenvalue weighted by Gasteiger charge is -2.42. The molecular formula is C29H42O18. The van der Waals surface area contributed by atoms with E-state index in [1.165, 1.54) is 45.4 Å². The summed E-state index contributed by atoms with van der Waals surface area (Å²) >= 11 is 0. The fourth-order valence-corrected chi connectivity index (χ4v) is 4.99. The van der Waals surface area contributed by atoms with Crippen molar-refractivity contribution in [3.8, 4) is 17.2 Å². The first kappa shape index (κ1) is 38.3. The quantitative estimate of drug-likeness (QED) is 0.0830. The van der Waals surface area contributed by atoms with Crippen LogP contribution < -0.4 is 14.2 Å². The van der Waals surface area contributed by atoms with Crippen LogP contribution in [0.2, 0.25) is 0 Å². The Morgan fingerprint density at radius 3 is 1.81 bits per heavy atom. The monoisotopic (exact) mass is 678 g/mol. The largest absolute Gasteiger partial charge is 0.493 e. The molecule has 9 N–H and O–H groups in total. The van der Waals surface area contributed by atoms with E-state index in [4.69, 9.17) is 33.2 Å². The van der Waals surface area contributed by atoms with Crippen molar-refractivity contribution in [3.63, 3.8) is 0 Å². The smallest absolute Gasteiger partial charge is 0.309 e. The summed E-state index contributed by atoms with van der Waals surface area (Å²) in [6, 6.07) is 3.00. The van der Waals surface area contributed by atoms with Gasteiger partial charge in [0.25, 0.3) is 0 Å². The van der Waals surface area contributed by atoms with Crippen molar-refractivity contribution in [1.82, 2.24) is 0 Å². The number of hydrogen-bond acceptors (Lipinski definition) is 17. The van der Waals surface area contributed by atoms with E-state index in [-0.39, 0.29) is 23.9 Å². The highest BCUT2D eigenvalue weighted by Crippen LogP contribution is 2.41. The van der Waals surface area contributed by atoms with Crippen LogP contribution in [0.1, 0.15) is 25.3 Å². The maximum Gasteiger partial charge on any atom is 0.309 e. The highest BCUT2D eigenvalue weighted by Gasteiger charge is 2.48. The number of benzene rings is 1. The molecule has 0 amide bonds. The van der Waals surface area contributed by atoms with E-state index in [9.17, 15) is 55.5 Å². The number of aliphatic hydroxyl groups excluding tert-OH is 8. The Kier molecular flexibility index (Phi) is 13.7. The van der Waals surface area contributed by atoms with E-state index >= 15 is 0 Å². The predicted molar refractivity (Wildman–Crippen MR) is 154 cm³/mol. The number of aliphatic hydroxyl groups is 8. The molecule has 0 bridgehead atoms. The van der Waals surface area contributed by atoms with Gasteiger partial charge >= 0.3 is 11.9 Å². The highest BCUT2D eigenvalue weighted by molar-refractivity contribution is 5.74. The molecule has 266 valence electrons. The predicted octanol–water partition coefficient (Wildman–Crippen LogP) is -3.12. The van der Waals surface area contributed by atoms with Gasteiger partial charge in [-0.3, -0.25) is 9.59 Å². The third-order valence-electron chi connectivity index (χ3n) is 7.51. The molecule has 18 heteroatoms. The van der Waals surface area contributed by atoms with Crippen molar-refractivity contribution in [1.29, 1.82) is 0 Å². The van der Waals surface area contributed by atoms with E-state index in [0.29, 0.717) is 5.56 Å². The fraction of sp³-hybridized carbons (Fsp3) is 0.655. The van der Waals surface area contributed by atoms with Crippen LogP contribution in [0.3, 0.4) is 0 Å². The number of carbonyl (C=O) groups is 2. The third kappa shape index (κ3) is 9.48. The third-order valence-corrected chi connectivity index (χ3v) is 7.51. The molecule has 1 aromatic rings. The SMILES string of the molecule is COc1cc(/C=C/COC(=O)C[C@](C)(CC(=O)O)O[C@@H]2O[C@H](CO)[C@@H](O)[C@H](O)[C@H]2O)cc(OC)c1O[C@@H]1O[C@H](CO)[C@@H](O)[C@H](O)[C@H]1O. The number of methoxy groups -OCH3 is 2. The number of carboxylic acids is 1. The molecule has 1 aromatic carbocycles. The van der Waals surface area contributed by atoms with Gasteiger partial charge in [-0.05, 0) is 30.7 Å². The summed E-state index contributed by atoms with van der Waals surface area (Å²) in [4.78, 5) is 24.2. The summed E-state index contributed by atoms with van der Waals surface area (Å²) in [6.45, 7) is -0.417. The van der Waals surface area contributed by atoms with Gasteiger partial charge in [0.05, 0.1) is 45.9 Å². The summed E-state index contributed by atoms with van der Waals surface area (Å²) in [5.41, 5.74) is -1.32. The Morgan fingerprint density at radius 1 is 0.809 bits per heavy atom. The van der Waals surface area contributed by atoms with Crippen molar-refractivity contribution >= 4 is 18.0 Å². The van der Waals surface area contributed by atoms with Crippen molar-refractivity contribution in [3.05, 3.63) is 23.8 Å². The van der Waals surface area contributed by atoms with Gasteiger partial charge in [0.1, 0.15) is 55.4 Å². The molecule has 11 atom stereocenters. The zero-order valence-electron chi connectivity index (χ0n) is 25.8. The molecular weight excluding hydrogens is 636 g/mol. The van der Waals surface area contributed by atoms with Crippen LogP contribution >= 0.6 is 0 Å². The second-order valence-corrected chi connectivity index (χ2v) is 11.2. The first-order valence-corrected chi connectivity index (χ1v) is 14.4. The van der Waals surface area contributed by atoms with E-state index in [1.807, 2.05) is 0 Å². The molecule has 2 saturated heterocycles. The first-order chi connectivity index (χ1) is 22.2. The fourth-order valence-electron chi connectivity index (χ4n) is 4.99. The van der Waals surface area contributed by atoms with Gasteiger partial charge in [0.2, 0.25) is 12.0 Å². The normalized spacial score (nSPS) is 32.4. The molecule has 3 rings (SSSR count). The Balaban J connectivity index is 1.66. The van der Waals surface area contributed by atoms with E-state index in [1.54, 1.807) is 0 Å². The van der Waals surface area contributed by atoms with Crippen LogP contribution in [0.15, 0.2) is 18.2 Å². The average Bonchev–Trinajstić information content (AvgIpc) is 3.03. The second kappa shape index (κ2) is 16.8. The van der Waals surface area contributed by atoms with Crippen LogP contribution in [0.25, 0.3) is 6.08 Å². The molecule has 0 saturated carbocycles. The van der Waals surface area contributed by atoms with Crippen LogP contribution in [-0.2, 0) is 28.5 Å². The Hall–Kier alpha value is -3.14. The summed E-state index contributed by atoms with van der Waals surface area (Å²) < 4.78 is 37.9. The maximum atomic E-state index is 12.7. The molecule has 47 heavy (non-hydrogen) atoms. The lowest BCUT2D eigenvalue weighted by molar-refractivity contribution is -0.325. The molecule has 2 fully saturated rings. The second-order valence-electron chi connectivity index (χ2n) is 11.2. The van der Waals surface area contributed by atoms with Crippen LogP contribution in [-0.4, -0.2) is 159 Å². The molecule has 0 unspecified atom stereocenters. The van der Waals surface area contributed by atoms with Gasteiger partial charge in [0, 0.05) is 0 Å². The molecule has 0 aromatic heterocycles. The lowest BCUT2D eigenvalue weighted by Crippen LogP contribution is -2.60. The van der Waals surface area contributed by atoms with Crippen molar-refractivity contribution < 1.29 is 88.7 Å². The first-order valence-electron chi connectivity index (χ1n) is 14.4. The van der Waals surface area contributed by atoms with E-state index < -0.39 is 105 Å². The zero-order chi connectivity index (χ0) is 35.1. The number of ether oxygens (including phenoxy) is 7. The minimum absolute atomic E-state index is 0.0278. The van der Waals surface area contributed by atoms with E-state index in [0.717, 1.165) is 0 Å². The van der Waals surface area contributed by atoms with Gasteiger partial charge < -0.3 is 79.1 Å². The van der Waals surface area contributed by atoms with Gasteiger partial charge in [-0.2, -0.15) is 0 Å². The maximum absolute atomic E-state index is 12.7. The number of esters is 1. The Morgan fingerprint density at radius 2 is 1.32 bits per heavy atom. The Bertz CT molecular complexity index is 1200. The molecule has 0 radical (unpaired) electrons. The van der Waals surface area contributed by atoms with Crippen LogP contribution in [0.4, 0.5) is 0 Å². The number of carbonyl (C=O) groups excluding carboxylic acids is 1. The number of hydrogen-bond donors (Lipinski definition) is 9. The minimum atomic E-state index is -1.82.